The van der Waals surface area contributed by atoms with Crippen LogP contribution in [0.5, 0.6) is 0 Å². The van der Waals surface area contributed by atoms with E-state index in [1.165, 1.54) is 6.07 Å². The minimum Gasteiger partial charge on any atom is -0.481 e. The van der Waals surface area contributed by atoms with Gasteiger partial charge < -0.3 is 10.0 Å². The molecule has 1 aromatic rings. The van der Waals surface area contributed by atoms with Crippen LogP contribution in [-0.2, 0) is 4.79 Å². The van der Waals surface area contributed by atoms with Gasteiger partial charge in [0.25, 0.3) is 0 Å². The number of carbonyl (C=O) groups is 1. The lowest BCUT2D eigenvalue weighted by Gasteiger charge is -2.24. The van der Waals surface area contributed by atoms with Crippen LogP contribution in [0.4, 0.5) is 10.1 Å². The normalized spacial score (nSPS) is 18.2. The Hall–Kier alpha value is -1.58. The van der Waals surface area contributed by atoms with Crippen LogP contribution in [0.3, 0.4) is 0 Å². The van der Waals surface area contributed by atoms with Crippen molar-refractivity contribution in [1.82, 2.24) is 0 Å². The first-order valence-electron chi connectivity index (χ1n) is 6.27. The minimum absolute atomic E-state index is 0.0142. The number of hydrogen-bond acceptors (Lipinski definition) is 2. The fourth-order valence-corrected chi connectivity index (χ4v) is 2.63. The van der Waals surface area contributed by atoms with Gasteiger partial charge >= 0.3 is 5.97 Å². The summed E-state index contributed by atoms with van der Waals surface area (Å²) in [5, 5.41) is 8.76. The van der Waals surface area contributed by atoms with E-state index in [-0.39, 0.29) is 18.2 Å². The molecular weight excluding hydrogens is 233 g/mol. The van der Waals surface area contributed by atoms with Crippen molar-refractivity contribution >= 4 is 11.7 Å². The van der Waals surface area contributed by atoms with Crippen LogP contribution >= 0.6 is 0 Å². The smallest absolute Gasteiger partial charge is 0.303 e. The number of halogens is 1. The van der Waals surface area contributed by atoms with Crippen molar-refractivity contribution in [2.24, 2.45) is 0 Å². The number of carboxylic acid groups (broad SMARTS) is 1. The highest BCUT2D eigenvalue weighted by molar-refractivity contribution is 5.67. The largest absolute Gasteiger partial charge is 0.481 e. The van der Waals surface area contributed by atoms with Gasteiger partial charge in [-0.05, 0) is 32.4 Å². The number of fused-ring (bicyclic) bond motifs is 1. The molecule has 0 saturated heterocycles. The van der Waals surface area contributed by atoms with Gasteiger partial charge in [-0.1, -0.05) is 6.07 Å². The highest BCUT2D eigenvalue weighted by Gasteiger charge is 2.32. The summed E-state index contributed by atoms with van der Waals surface area (Å²) in [6.45, 7) is 4.84. The molecule has 1 heterocycles. The van der Waals surface area contributed by atoms with Crippen LogP contribution in [0, 0.1) is 5.82 Å². The Morgan fingerprint density at radius 1 is 1.56 bits per heavy atom. The molecule has 1 aromatic carbocycles. The monoisotopic (exact) mass is 251 g/mol. The van der Waals surface area contributed by atoms with E-state index in [0.29, 0.717) is 24.6 Å². The molecule has 1 atom stereocenters. The zero-order chi connectivity index (χ0) is 13.3. The molecule has 4 heteroatoms. The molecule has 1 aliphatic rings. The van der Waals surface area contributed by atoms with Crippen LogP contribution in [0.1, 0.15) is 38.2 Å². The van der Waals surface area contributed by atoms with Gasteiger partial charge in [-0.15, -0.1) is 0 Å². The fourth-order valence-electron chi connectivity index (χ4n) is 2.63. The third-order valence-electron chi connectivity index (χ3n) is 3.49. The number of hydrogen-bond donors (Lipinski definition) is 1. The Morgan fingerprint density at radius 3 is 2.89 bits per heavy atom. The van der Waals surface area contributed by atoms with Gasteiger partial charge in [0, 0.05) is 36.2 Å². The quantitative estimate of drug-likeness (QED) is 0.894. The minimum atomic E-state index is -0.823. The maximum Gasteiger partial charge on any atom is 0.303 e. The number of rotatable bonds is 4. The van der Waals surface area contributed by atoms with Gasteiger partial charge in [0.2, 0.25) is 0 Å². The van der Waals surface area contributed by atoms with Crippen molar-refractivity contribution in [1.29, 1.82) is 0 Å². The van der Waals surface area contributed by atoms with E-state index in [1.54, 1.807) is 6.07 Å². The van der Waals surface area contributed by atoms with Crippen molar-refractivity contribution in [2.75, 3.05) is 11.4 Å². The molecule has 0 aliphatic carbocycles. The molecule has 18 heavy (non-hydrogen) atoms. The number of aliphatic carboxylic acids is 1. The predicted molar refractivity (Wildman–Crippen MR) is 68.5 cm³/mol. The summed E-state index contributed by atoms with van der Waals surface area (Å²) in [7, 11) is 0. The van der Waals surface area contributed by atoms with E-state index in [9.17, 15) is 9.18 Å². The average Bonchev–Trinajstić information content (AvgIpc) is 2.67. The molecule has 0 fully saturated rings. The molecule has 3 nitrogen and oxygen atoms in total. The van der Waals surface area contributed by atoms with Gasteiger partial charge in [-0.3, -0.25) is 4.79 Å². The molecule has 0 spiro atoms. The Labute approximate surface area is 106 Å². The third-order valence-corrected chi connectivity index (χ3v) is 3.49. The van der Waals surface area contributed by atoms with E-state index >= 15 is 0 Å². The van der Waals surface area contributed by atoms with E-state index in [1.807, 2.05) is 6.07 Å². The molecule has 0 saturated carbocycles. The zero-order valence-electron chi connectivity index (χ0n) is 10.7. The Bertz CT molecular complexity index is 459. The lowest BCUT2D eigenvalue weighted by Crippen LogP contribution is -2.29. The maximum absolute atomic E-state index is 13.9. The van der Waals surface area contributed by atoms with Gasteiger partial charge in [0.1, 0.15) is 5.82 Å². The summed E-state index contributed by atoms with van der Waals surface area (Å²) >= 11 is 0. The summed E-state index contributed by atoms with van der Waals surface area (Å²) in [5.41, 5.74) is 1.60. The lowest BCUT2D eigenvalue weighted by molar-refractivity contribution is -0.137. The molecule has 1 unspecified atom stereocenters. The van der Waals surface area contributed by atoms with Crippen molar-refractivity contribution in [3.63, 3.8) is 0 Å². The second-order valence-electron chi connectivity index (χ2n) is 5.05. The first kappa shape index (κ1) is 12.9. The summed E-state index contributed by atoms with van der Waals surface area (Å²) < 4.78 is 13.9. The Kier molecular flexibility index (Phi) is 3.55. The Morgan fingerprint density at radius 2 is 2.28 bits per heavy atom. The standard InChI is InChI=1S/C14H18FNO2/c1-9(2)16-8-10(6-7-13(17)18)14-11(15)4-3-5-12(14)16/h3-5,9-10H,6-8H2,1-2H3,(H,17,18). The first-order chi connectivity index (χ1) is 8.50. The van der Waals surface area contributed by atoms with Crippen LogP contribution in [0.2, 0.25) is 0 Å². The second-order valence-corrected chi connectivity index (χ2v) is 5.05. The van der Waals surface area contributed by atoms with Gasteiger partial charge in [0.05, 0.1) is 0 Å². The molecular formula is C14H18FNO2. The number of benzene rings is 1. The first-order valence-corrected chi connectivity index (χ1v) is 6.27. The van der Waals surface area contributed by atoms with Gasteiger partial charge in [-0.2, -0.15) is 0 Å². The lowest BCUT2D eigenvalue weighted by atomic mass is 9.96. The van der Waals surface area contributed by atoms with Crippen molar-refractivity contribution in [3.05, 3.63) is 29.6 Å². The van der Waals surface area contributed by atoms with E-state index in [0.717, 1.165) is 5.69 Å². The summed E-state index contributed by atoms with van der Waals surface area (Å²) in [5.74, 6) is -1.05. The van der Waals surface area contributed by atoms with Gasteiger partial charge in [0.15, 0.2) is 0 Å². The Balaban J connectivity index is 2.29. The molecule has 0 bridgehead atoms. The second kappa shape index (κ2) is 4.96. The average molecular weight is 251 g/mol. The molecule has 0 radical (unpaired) electrons. The highest BCUT2D eigenvalue weighted by atomic mass is 19.1. The van der Waals surface area contributed by atoms with Crippen LogP contribution in [-0.4, -0.2) is 23.7 Å². The zero-order valence-corrected chi connectivity index (χ0v) is 10.7. The topological polar surface area (TPSA) is 40.5 Å². The summed E-state index contributed by atoms with van der Waals surface area (Å²) in [6, 6.07) is 5.37. The SMILES string of the molecule is CC(C)N1CC(CCC(=O)O)c2c(F)cccc21. The van der Waals surface area contributed by atoms with E-state index < -0.39 is 5.97 Å². The molecule has 1 aliphatic heterocycles. The van der Waals surface area contributed by atoms with Crippen LogP contribution in [0.25, 0.3) is 0 Å². The summed E-state index contributed by atoms with van der Waals surface area (Å²) in [6.07, 6.45) is 0.580. The number of anilines is 1. The molecule has 98 valence electrons. The molecule has 0 amide bonds. The van der Waals surface area contributed by atoms with E-state index in [2.05, 4.69) is 18.7 Å². The number of nitrogens with zero attached hydrogens (tertiary/aromatic N) is 1. The molecule has 0 aromatic heterocycles. The highest BCUT2D eigenvalue weighted by Crippen LogP contribution is 2.41. The van der Waals surface area contributed by atoms with Crippen LogP contribution in [0.15, 0.2) is 18.2 Å². The maximum atomic E-state index is 13.9. The predicted octanol–water partition coefficient (Wildman–Crippen LogP) is 3.00. The van der Waals surface area contributed by atoms with Gasteiger partial charge in [-0.25, -0.2) is 4.39 Å². The third kappa shape index (κ3) is 2.33. The van der Waals surface area contributed by atoms with Crippen molar-refractivity contribution in [3.8, 4) is 0 Å². The summed E-state index contributed by atoms with van der Waals surface area (Å²) in [4.78, 5) is 12.8. The molecule has 1 N–H and O–H groups in total. The fraction of sp³-hybridized carbons (Fsp3) is 0.500. The molecule has 2 rings (SSSR count). The number of carboxylic acids is 1. The van der Waals surface area contributed by atoms with Crippen molar-refractivity contribution < 1.29 is 14.3 Å². The van der Waals surface area contributed by atoms with Crippen LogP contribution < -0.4 is 4.90 Å². The van der Waals surface area contributed by atoms with E-state index in [4.69, 9.17) is 5.11 Å². The van der Waals surface area contributed by atoms with Crippen molar-refractivity contribution in [2.45, 2.75) is 38.6 Å².